The van der Waals surface area contributed by atoms with E-state index in [-0.39, 0.29) is 0 Å². The fraction of sp³-hybridized carbons (Fsp3) is 0.833. The molecule has 0 fully saturated rings. The predicted octanol–water partition coefficient (Wildman–Crippen LogP) is 3.17. The highest BCUT2D eigenvalue weighted by atomic mass is 32.1. The van der Waals surface area contributed by atoms with Gasteiger partial charge in [0.1, 0.15) is 0 Å². The Hall–Kier alpha value is 0.0500. The Morgan fingerprint density at radius 1 is 1.43 bits per heavy atom. The minimum Gasteiger partial charge on any atom is -0.381 e. The first-order valence-electron chi connectivity index (χ1n) is 5.57. The maximum Gasteiger partial charge on any atom is 0.0500 e. The molecule has 14 heavy (non-hydrogen) atoms. The highest BCUT2D eigenvalue weighted by Crippen LogP contribution is 2.25. The molecule has 0 aromatic heterocycles. The fourth-order valence-electron chi connectivity index (χ4n) is 1.71. The van der Waals surface area contributed by atoms with Crippen molar-refractivity contribution < 1.29 is 4.74 Å². The Balaban J connectivity index is 2.14. The third-order valence-corrected chi connectivity index (χ3v) is 3.59. The van der Waals surface area contributed by atoms with Crippen molar-refractivity contribution in [2.75, 3.05) is 19.0 Å². The highest BCUT2D eigenvalue weighted by Gasteiger charge is 2.18. The van der Waals surface area contributed by atoms with Crippen LogP contribution in [-0.2, 0) is 4.74 Å². The average Bonchev–Trinajstić information content (AvgIpc) is 2.20. The molecule has 3 atom stereocenters. The summed E-state index contributed by atoms with van der Waals surface area (Å²) < 4.78 is 5.71. The third kappa shape index (κ3) is 4.05. The van der Waals surface area contributed by atoms with Crippen LogP contribution in [0.5, 0.6) is 0 Å². The van der Waals surface area contributed by atoms with Crippen LogP contribution in [0.2, 0.25) is 0 Å². The second-order valence-corrected chi connectivity index (χ2v) is 4.87. The van der Waals surface area contributed by atoms with Crippen LogP contribution < -0.4 is 0 Å². The minimum atomic E-state index is 0.577. The van der Waals surface area contributed by atoms with Gasteiger partial charge in [0, 0.05) is 13.2 Å². The van der Waals surface area contributed by atoms with Gasteiger partial charge in [-0.15, -0.1) is 0 Å². The van der Waals surface area contributed by atoms with Gasteiger partial charge in [-0.3, -0.25) is 0 Å². The van der Waals surface area contributed by atoms with E-state index < -0.39 is 0 Å². The standard InChI is InChI=1S/C12H22OS/c1-10(9-14)7-13-8-12-6-4-3-5-11(12)2/h3-4,10-12,14H,5-9H2,1-2H3. The summed E-state index contributed by atoms with van der Waals surface area (Å²) in [5.41, 5.74) is 0. The molecule has 0 aromatic carbocycles. The Morgan fingerprint density at radius 3 is 2.79 bits per heavy atom. The molecule has 1 aliphatic rings. The third-order valence-electron chi connectivity index (χ3n) is 2.96. The molecule has 0 bridgehead atoms. The van der Waals surface area contributed by atoms with E-state index in [0.29, 0.717) is 5.92 Å². The van der Waals surface area contributed by atoms with Crippen molar-refractivity contribution in [3.05, 3.63) is 12.2 Å². The first-order valence-corrected chi connectivity index (χ1v) is 6.21. The molecule has 1 rings (SSSR count). The summed E-state index contributed by atoms with van der Waals surface area (Å²) in [6.07, 6.45) is 6.99. The van der Waals surface area contributed by atoms with Gasteiger partial charge in [0.15, 0.2) is 0 Å². The topological polar surface area (TPSA) is 9.23 Å². The van der Waals surface area contributed by atoms with Gasteiger partial charge in [0.25, 0.3) is 0 Å². The van der Waals surface area contributed by atoms with Crippen LogP contribution >= 0.6 is 12.6 Å². The van der Waals surface area contributed by atoms with Crippen molar-refractivity contribution in [2.24, 2.45) is 17.8 Å². The van der Waals surface area contributed by atoms with E-state index in [4.69, 9.17) is 4.74 Å². The SMILES string of the molecule is CC(CS)COCC1CC=CCC1C. The molecular weight excluding hydrogens is 192 g/mol. The van der Waals surface area contributed by atoms with Crippen molar-refractivity contribution in [2.45, 2.75) is 26.7 Å². The lowest BCUT2D eigenvalue weighted by atomic mass is 9.85. The number of allylic oxidation sites excluding steroid dienone is 2. The molecule has 2 heteroatoms. The van der Waals surface area contributed by atoms with Gasteiger partial charge in [-0.2, -0.15) is 12.6 Å². The van der Waals surface area contributed by atoms with Gasteiger partial charge >= 0.3 is 0 Å². The van der Waals surface area contributed by atoms with E-state index in [1.165, 1.54) is 12.8 Å². The van der Waals surface area contributed by atoms with Gasteiger partial charge in [-0.1, -0.05) is 26.0 Å². The molecule has 1 nitrogen and oxygen atoms in total. The highest BCUT2D eigenvalue weighted by molar-refractivity contribution is 7.80. The molecule has 0 amide bonds. The van der Waals surface area contributed by atoms with E-state index in [1.807, 2.05) is 0 Å². The van der Waals surface area contributed by atoms with Crippen molar-refractivity contribution in [3.63, 3.8) is 0 Å². The predicted molar refractivity (Wildman–Crippen MR) is 64.9 cm³/mol. The largest absolute Gasteiger partial charge is 0.381 e. The molecule has 0 saturated heterocycles. The summed E-state index contributed by atoms with van der Waals surface area (Å²) in [6, 6.07) is 0. The normalized spacial score (nSPS) is 29.1. The van der Waals surface area contributed by atoms with Crippen LogP contribution in [-0.4, -0.2) is 19.0 Å². The van der Waals surface area contributed by atoms with E-state index in [0.717, 1.165) is 30.8 Å². The van der Waals surface area contributed by atoms with E-state index in [2.05, 4.69) is 38.6 Å². The zero-order chi connectivity index (χ0) is 10.4. The van der Waals surface area contributed by atoms with Crippen molar-refractivity contribution in [1.82, 2.24) is 0 Å². The van der Waals surface area contributed by atoms with Gasteiger partial charge in [-0.25, -0.2) is 0 Å². The van der Waals surface area contributed by atoms with Crippen molar-refractivity contribution >= 4 is 12.6 Å². The van der Waals surface area contributed by atoms with E-state index in [1.54, 1.807) is 0 Å². The number of ether oxygens (including phenoxy) is 1. The lowest BCUT2D eigenvalue weighted by molar-refractivity contribution is 0.0633. The molecule has 82 valence electrons. The first kappa shape index (κ1) is 12.1. The van der Waals surface area contributed by atoms with Crippen LogP contribution in [0, 0.1) is 17.8 Å². The summed E-state index contributed by atoms with van der Waals surface area (Å²) >= 11 is 4.24. The van der Waals surface area contributed by atoms with Gasteiger partial charge in [0.2, 0.25) is 0 Å². The number of rotatable bonds is 5. The number of thiol groups is 1. The molecule has 0 aliphatic heterocycles. The maximum atomic E-state index is 5.71. The van der Waals surface area contributed by atoms with Crippen LogP contribution in [0.3, 0.4) is 0 Å². The average molecular weight is 214 g/mol. The maximum absolute atomic E-state index is 5.71. The molecule has 3 unspecified atom stereocenters. The Bertz CT molecular complexity index is 179. The smallest absolute Gasteiger partial charge is 0.0500 e. The number of hydrogen-bond acceptors (Lipinski definition) is 2. The lowest BCUT2D eigenvalue weighted by Crippen LogP contribution is -2.21. The van der Waals surface area contributed by atoms with Crippen LogP contribution in [0.4, 0.5) is 0 Å². The Morgan fingerprint density at radius 2 is 2.14 bits per heavy atom. The molecule has 0 radical (unpaired) electrons. The summed E-state index contributed by atoms with van der Waals surface area (Å²) in [7, 11) is 0. The molecule has 0 saturated carbocycles. The van der Waals surface area contributed by atoms with Gasteiger partial charge in [0.05, 0.1) is 0 Å². The summed E-state index contributed by atoms with van der Waals surface area (Å²) in [4.78, 5) is 0. The zero-order valence-corrected chi connectivity index (χ0v) is 10.2. The molecule has 0 heterocycles. The van der Waals surface area contributed by atoms with E-state index >= 15 is 0 Å². The van der Waals surface area contributed by atoms with E-state index in [9.17, 15) is 0 Å². The molecule has 0 aromatic rings. The van der Waals surface area contributed by atoms with Crippen LogP contribution in [0.15, 0.2) is 12.2 Å². The van der Waals surface area contributed by atoms with Gasteiger partial charge < -0.3 is 4.74 Å². The second kappa shape index (κ2) is 6.52. The first-order chi connectivity index (χ1) is 6.74. The zero-order valence-electron chi connectivity index (χ0n) is 9.28. The molecule has 1 aliphatic carbocycles. The Kier molecular flexibility index (Phi) is 5.64. The lowest BCUT2D eigenvalue weighted by Gasteiger charge is -2.25. The number of hydrogen-bond donors (Lipinski definition) is 1. The fourth-order valence-corrected chi connectivity index (χ4v) is 1.82. The molecule has 0 spiro atoms. The molecule has 0 N–H and O–H groups in total. The Labute approximate surface area is 93.3 Å². The second-order valence-electron chi connectivity index (χ2n) is 4.51. The van der Waals surface area contributed by atoms with Crippen LogP contribution in [0.1, 0.15) is 26.7 Å². The van der Waals surface area contributed by atoms with Crippen molar-refractivity contribution in [1.29, 1.82) is 0 Å². The minimum absolute atomic E-state index is 0.577. The quantitative estimate of drug-likeness (QED) is 0.546. The molecular formula is C12H22OS. The van der Waals surface area contributed by atoms with Crippen molar-refractivity contribution in [3.8, 4) is 0 Å². The summed E-state index contributed by atoms with van der Waals surface area (Å²) in [6.45, 7) is 6.27. The van der Waals surface area contributed by atoms with Gasteiger partial charge in [-0.05, 0) is 36.3 Å². The summed E-state index contributed by atoms with van der Waals surface area (Å²) in [5.74, 6) is 3.01. The summed E-state index contributed by atoms with van der Waals surface area (Å²) in [5, 5.41) is 0. The van der Waals surface area contributed by atoms with Crippen LogP contribution in [0.25, 0.3) is 0 Å². The monoisotopic (exact) mass is 214 g/mol.